The minimum Gasteiger partial charge on any atom is -0.356 e. The molecule has 6 nitrogen and oxygen atoms in total. The zero-order valence-corrected chi connectivity index (χ0v) is 15.5. The minimum absolute atomic E-state index is 0.0173. The number of hydrogen-bond acceptors (Lipinski definition) is 5. The molecule has 0 radical (unpaired) electrons. The number of guanidine groups is 1. The van der Waals surface area contributed by atoms with E-state index in [0.717, 1.165) is 11.4 Å². The van der Waals surface area contributed by atoms with E-state index >= 15 is 0 Å². The second-order valence-corrected chi connectivity index (χ2v) is 8.60. The lowest BCUT2D eigenvalue weighted by atomic mass is 10.4. The van der Waals surface area contributed by atoms with Crippen LogP contribution >= 0.6 is 11.3 Å². The number of thiazole rings is 1. The van der Waals surface area contributed by atoms with E-state index in [1.54, 1.807) is 48.7 Å². The Hall–Kier alpha value is -1.93. The van der Waals surface area contributed by atoms with Crippen LogP contribution in [0.15, 0.2) is 46.4 Å². The smallest absolute Gasteiger partial charge is 0.191 e. The summed E-state index contributed by atoms with van der Waals surface area (Å²) in [6, 6.07) is 8.46. The standard InChI is InChI=1S/C16H22N4O2S2/c1-13-12-20-15(23-13)8-9-18-16(17-2)19-10-11-24(21,22)14-6-4-3-5-7-14/h3-7,12H,8-11H2,1-2H3,(H2,17,18,19). The summed E-state index contributed by atoms with van der Waals surface area (Å²) < 4.78 is 24.4. The molecule has 0 saturated carbocycles. The van der Waals surface area contributed by atoms with Crippen LogP contribution in [0.4, 0.5) is 0 Å². The van der Waals surface area contributed by atoms with Crippen molar-refractivity contribution in [3.05, 3.63) is 46.4 Å². The number of hydrogen-bond donors (Lipinski definition) is 2. The molecule has 2 aromatic rings. The molecular formula is C16H22N4O2S2. The maximum Gasteiger partial charge on any atom is 0.191 e. The summed E-state index contributed by atoms with van der Waals surface area (Å²) >= 11 is 1.68. The van der Waals surface area contributed by atoms with Gasteiger partial charge in [0.25, 0.3) is 0 Å². The molecule has 1 heterocycles. The maximum atomic E-state index is 12.2. The third-order valence-corrected chi connectivity index (χ3v) is 5.99. The second kappa shape index (κ2) is 8.79. The molecule has 0 aliphatic carbocycles. The molecule has 0 unspecified atom stereocenters. The number of aromatic nitrogens is 1. The second-order valence-electron chi connectivity index (χ2n) is 5.17. The predicted molar refractivity (Wildman–Crippen MR) is 98.4 cm³/mol. The fourth-order valence-electron chi connectivity index (χ4n) is 2.07. The molecule has 1 aromatic carbocycles. The molecule has 2 N–H and O–H groups in total. The summed E-state index contributed by atoms with van der Waals surface area (Å²) in [4.78, 5) is 9.94. The lowest BCUT2D eigenvalue weighted by Gasteiger charge is -2.11. The van der Waals surface area contributed by atoms with Gasteiger partial charge in [0.05, 0.1) is 15.7 Å². The van der Waals surface area contributed by atoms with E-state index in [1.807, 2.05) is 13.1 Å². The van der Waals surface area contributed by atoms with Gasteiger partial charge in [0, 0.05) is 37.6 Å². The monoisotopic (exact) mass is 366 g/mol. The van der Waals surface area contributed by atoms with Gasteiger partial charge in [-0.05, 0) is 19.1 Å². The number of rotatable bonds is 7. The van der Waals surface area contributed by atoms with Gasteiger partial charge in [-0.3, -0.25) is 4.99 Å². The van der Waals surface area contributed by atoms with Gasteiger partial charge in [-0.25, -0.2) is 13.4 Å². The first-order chi connectivity index (χ1) is 11.5. The first-order valence-corrected chi connectivity index (χ1v) is 10.1. The first kappa shape index (κ1) is 18.4. The molecule has 0 aliphatic rings. The highest BCUT2D eigenvalue weighted by atomic mass is 32.2. The molecule has 0 atom stereocenters. The summed E-state index contributed by atoms with van der Waals surface area (Å²) in [5, 5.41) is 7.26. The molecule has 130 valence electrons. The Bertz CT molecular complexity index is 770. The van der Waals surface area contributed by atoms with Gasteiger partial charge in [-0.15, -0.1) is 11.3 Å². The van der Waals surface area contributed by atoms with Crippen molar-refractivity contribution in [2.45, 2.75) is 18.2 Å². The molecule has 0 amide bonds. The topological polar surface area (TPSA) is 83.4 Å². The number of sulfone groups is 1. The van der Waals surface area contributed by atoms with Crippen molar-refractivity contribution >= 4 is 27.1 Å². The molecule has 8 heteroatoms. The van der Waals surface area contributed by atoms with E-state index in [1.165, 1.54) is 4.88 Å². The number of aliphatic imine (C=N–C) groups is 1. The van der Waals surface area contributed by atoms with E-state index in [4.69, 9.17) is 0 Å². The van der Waals surface area contributed by atoms with Crippen LogP contribution in [0, 0.1) is 6.92 Å². The number of nitrogens with one attached hydrogen (secondary N) is 2. The third kappa shape index (κ3) is 5.61. The summed E-state index contributed by atoms with van der Waals surface area (Å²) in [6.07, 6.45) is 2.67. The van der Waals surface area contributed by atoms with Crippen molar-refractivity contribution in [3.8, 4) is 0 Å². The molecule has 0 aliphatic heterocycles. The number of benzene rings is 1. The first-order valence-electron chi connectivity index (χ1n) is 7.65. The van der Waals surface area contributed by atoms with E-state index in [-0.39, 0.29) is 5.75 Å². The van der Waals surface area contributed by atoms with Crippen molar-refractivity contribution in [1.29, 1.82) is 0 Å². The van der Waals surface area contributed by atoms with Gasteiger partial charge in [0.2, 0.25) is 0 Å². The summed E-state index contributed by atoms with van der Waals surface area (Å²) in [5.41, 5.74) is 0. The molecule has 0 saturated heterocycles. The van der Waals surface area contributed by atoms with E-state index in [0.29, 0.717) is 23.9 Å². The highest BCUT2D eigenvalue weighted by Gasteiger charge is 2.13. The highest BCUT2D eigenvalue weighted by Crippen LogP contribution is 2.11. The summed E-state index contributed by atoms with van der Waals surface area (Å²) in [5.74, 6) is 0.607. The molecular weight excluding hydrogens is 344 g/mol. The predicted octanol–water partition coefficient (Wildman–Crippen LogP) is 1.63. The van der Waals surface area contributed by atoms with Crippen molar-refractivity contribution in [3.63, 3.8) is 0 Å². The Morgan fingerprint density at radius 3 is 2.54 bits per heavy atom. The molecule has 2 rings (SSSR count). The third-order valence-electron chi connectivity index (χ3n) is 3.29. The van der Waals surface area contributed by atoms with Crippen molar-refractivity contribution < 1.29 is 8.42 Å². The lowest BCUT2D eigenvalue weighted by Crippen LogP contribution is -2.40. The molecule has 0 fully saturated rings. The van der Waals surface area contributed by atoms with Crippen molar-refractivity contribution in [2.24, 2.45) is 4.99 Å². The SMILES string of the molecule is CN=C(NCCc1ncc(C)s1)NCCS(=O)(=O)c1ccccc1. The fourth-order valence-corrected chi connectivity index (χ4v) is 4.04. The molecule has 0 bridgehead atoms. The van der Waals surface area contributed by atoms with Gasteiger partial charge in [0.1, 0.15) is 0 Å². The van der Waals surface area contributed by atoms with Gasteiger partial charge in [-0.2, -0.15) is 0 Å². The lowest BCUT2D eigenvalue weighted by molar-refractivity contribution is 0.594. The Labute approximate surface area is 147 Å². The maximum absolute atomic E-state index is 12.2. The normalized spacial score (nSPS) is 12.2. The number of aryl methyl sites for hydroxylation is 1. The largest absolute Gasteiger partial charge is 0.356 e. The van der Waals surface area contributed by atoms with Crippen LogP contribution < -0.4 is 10.6 Å². The van der Waals surface area contributed by atoms with Crippen LogP contribution in [0.5, 0.6) is 0 Å². The summed E-state index contributed by atoms with van der Waals surface area (Å²) in [6.45, 7) is 3.02. The van der Waals surface area contributed by atoms with E-state index < -0.39 is 9.84 Å². The highest BCUT2D eigenvalue weighted by molar-refractivity contribution is 7.91. The van der Waals surface area contributed by atoms with Gasteiger partial charge in [-0.1, -0.05) is 18.2 Å². The van der Waals surface area contributed by atoms with Crippen LogP contribution in [0.2, 0.25) is 0 Å². The van der Waals surface area contributed by atoms with Gasteiger partial charge >= 0.3 is 0 Å². The molecule has 1 aromatic heterocycles. The van der Waals surface area contributed by atoms with Crippen molar-refractivity contribution in [2.75, 3.05) is 25.9 Å². The van der Waals surface area contributed by atoms with Crippen LogP contribution in [-0.4, -0.2) is 45.3 Å². The summed E-state index contributed by atoms with van der Waals surface area (Å²) in [7, 11) is -1.62. The Morgan fingerprint density at radius 2 is 1.92 bits per heavy atom. The Morgan fingerprint density at radius 1 is 1.21 bits per heavy atom. The van der Waals surface area contributed by atoms with Crippen LogP contribution in [0.3, 0.4) is 0 Å². The van der Waals surface area contributed by atoms with E-state index in [2.05, 4.69) is 20.6 Å². The quantitative estimate of drug-likeness (QED) is 0.575. The van der Waals surface area contributed by atoms with Crippen LogP contribution in [0.1, 0.15) is 9.88 Å². The van der Waals surface area contributed by atoms with Gasteiger partial charge in [0.15, 0.2) is 15.8 Å². The average molecular weight is 367 g/mol. The fraction of sp³-hybridized carbons (Fsp3) is 0.375. The molecule has 24 heavy (non-hydrogen) atoms. The zero-order chi connectivity index (χ0) is 17.4. The van der Waals surface area contributed by atoms with Crippen LogP contribution in [0.25, 0.3) is 0 Å². The van der Waals surface area contributed by atoms with E-state index in [9.17, 15) is 8.42 Å². The number of nitrogens with zero attached hydrogens (tertiary/aromatic N) is 2. The minimum atomic E-state index is -3.28. The van der Waals surface area contributed by atoms with Crippen molar-refractivity contribution in [1.82, 2.24) is 15.6 Å². The van der Waals surface area contributed by atoms with Gasteiger partial charge < -0.3 is 10.6 Å². The Kier molecular flexibility index (Phi) is 6.74. The Balaban J connectivity index is 1.75. The average Bonchev–Trinajstić information content (AvgIpc) is 2.99. The zero-order valence-electron chi connectivity index (χ0n) is 13.8. The molecule has 0 spiro atoms. The van der Waals surface area contributed by atoms with Crippen LogP contribution in [-0.2, 0) is 16.3 Å².